The minimum absolute atomic E-state index is 0.113. The van der Waals surface area contributed by atoms with Gasteiger partial charge in [0.05, 0.1) is 9.79 Å². The highest BCUT2D eigenvalue weighted by Crippen LogP contribution is 2.17. The molecule has 33 heavy (non-hydrogen) atoms. The Morgan fingerprint density at radius 2 is 1.18 bits per heavy atom. The molecule has 13 heteroatoms. The number of nitrogens with two attached hydrogens (primary N) is 1. The fraction of sp³-hybridized carbons (Fsp3) is 0.400. The average Bonchev–Trinajstić information content (AvgIpc) is 2.68. The maximum atomic E-state index is 11.8. The van der Waals surface area contributed by atoms with Crippen molar-refractivity contribution in [2.45, 2.75) is 9.79 Å². The number of sulfonamides is 1. The summed E-state index contributed by atoms with van der Waals surface area (Å²) >= 11 is 6.44. The molecule has 0 heterocycles. The quantitative estimate of drug-likeness (QED) is 0.422. The van der Waals surface area contributed by atoms with E-state index in [1.54, 1.807) is 36.4 Å². The fourth-order valence-electron chi connectivity index (χ4n) is 1.96. The van der Waals surface area contributed by atoms with E-state index in [1.165, 1.54) is 12.1 Å². The van der Waals surface area contributed by atoms with Crippen molar-refractivity contribution in [2.75, 3.05) is 54.4 Å². The predicted molar refractivity (Wildman–Crippen MR) is 143 cm³/mol. The summed E-state index contributed by atoms with van der Waals surface area (Å²) in [4.78, 5) is 4.38. The molecule has 2 aromatic rings. The molecule has 2 rings (SSSR count). The van der Waals surface area contributed by atoms with Crippen LogP contribution in [0.3, 0.4) is 0 Å². The topological polar surface area (TPSA) is 113 Å². The van der Waals surface area contributed by atoms with Gasteiger partial charge in [-0.2, -0.15) is 0 Å². The van der Waals surface area contributed by atoms with Crippen LogP contribution >= 0.6 is 42.5 Å². The monoisotopic (exact) mass is 648 g/mol. The Labute approximate surface area is 219 Å². The van der Waals surface area contributed by atoms with Gasteiger partial charge >= 0.3 is 0 Å². The zero-order chi connectivity index (χ0) is 25.7. The third kappa shape index (κ3) is 15.9. The molecule has 0 saturated heterocycles. The Morgan fingerprint density at radius 1 is 0.788 bits per heavy atom. The average molecular weight is 651 g/mol. The number of benzene rings is 2. The van der Waals surface area contributed by atoms with Crippen LogP contribution < -0.4 is 10.5 Å². The van der Waals surface area contributed by atoms with E-state index in [0.29, 0.717) is 13.1 Å². The Balaban J connectivity index is 0.000000520. The highest BCUT2D eigenvalue weighted by Gasteiger charge is 2.12. The van der Waals surface area contributed by atoms with Crippen LogP contribution in [0.4, 0.5) is 0 Å². The van der Waals surface area contributed by atoms with Gasteiger partial charge in [0.1, 0.15) is 0 Å². The smallest absolute Gasteiger partial charge is 0.261 e. The van der Waals surface area contributed by atoms with E-state index in [2.05, 4.69) is 41.5 Å². The van der Waals surface area contributed by atoms with E-state index in [1.807, 2.05) is 33.1 Å². The third-order valence-corrected chi connectivity index (χ3v) is 7.55. The Kier molecular flexibility index (Phi) is 15.9. The number of nitrogens with one attached hydrogen (secondary N) is 1. The normalized spacial score (nSPS) is 11.5. The lowest BCUT2D eigenvalue weighted by Crippen LogP contribution is -2.31. The summed E-state index contributed by atoms with van der Waals surface area (Å²) in [5.41, 5.74) is 5.19. The molecule has 0 aromatic heterocycles. The second-order valence-corrected chi connectivity index (χ2v) is 13.3. The Hall–Kier alpha value is -0.570. The lowest BCUT2D eigenvalue weighted by Gasteiger charge is -2.10. The Morgan fingerprint density at radius 3 is 1.48 bits per heavy atom. The molecule has 0 spiro atoms. The summed E-state index contributed by atoms with van der Waals surface area (Å²) in [6.07, 6.45) is 0. The molecule has 0 aliphatic heterocycles. The van der Waals surface area contributed by atoms with Crippen molar-refractivity contribution < 1.29 is 16.8 Å². The van der Waals surface area contributed by atoms with Crippen molar-refractivity contribution in [3.63, 3.8) is 0 Å². The second-order valence-electron chi connectivity index (χ2n) is 7.14. The number of rotatable bonds is 8. The predicted octanol–water partition coefficient (Wildman–Crippen LogP) is 3.17. The van der Waals surface area contributed by atoms with Crippen molar-refractivity contribution in [1.29, 1.82) is 0 Å². The minimum Gasteiger partial charge on any atom is -0.329 e. The van der Waals surface area contributed by atoms with Crippen LogP contribution in [0.15, 0.2) is 67.3 Å². The lowest BCUT2D eigenvalue weighted by atomic mass is 10.4. The summed E-state index contributed by atoms with van der Waals surface area (Å²) in [6.45, 7) is 2.83. The fourth-order valence-corrected chi connectivity index (χ4v) is 4.28. The first kappa shape index (κ1) is 32.4. The molecule has 3 N–H and O–H groups in total. The van der Waals surface area contributed by atoms with Crippen LogP contribution in [-0.2, 0) is 19.1 Å². The maximum Gasteiger partial charge on any atom is 0.261 e. The molecule has 8 nitrogen and oxygen atoms in total. The van der Waals surface area contributed by atoms with Crippen molar-refractivity contribution in [3.05, 3.63) is 57.5 Å². The molecule has 2 aromatic carbocycles. The van der Waals surface area contributed by atoms with Crippen LogP contribution in [0.25, 0.3) is 0 Å². The highest BCUT2D eigenvalue weighted by molar-refractivity contribution is 9.10. The van der Waals surface area contributed by atoms with Gasteiger partial charge in [0.2, 0.25) is 10.0 Å². The SMILES string of the molecule is CN(C)CCN.CN(C)CCNS(=O)(=O)c1ccc(Br)cc1.O=S(=O)(Cl)c1ccc(Br)cc1. The molecular formula is C20H31Br2ClN4O4S2. The van der Waals surface area contributed by atoms with E-state index in [-0.39, 0.29) is 9.79 Å². The first-order chi connectivity index (χ1) is 15.2. The number of hydrogen-bond donors (Lipinski definition) is 2. The van der Waals surface area contributed by atoms with Crippen molar-refractivity contribution >= 4 is 61.6 Å². The van der Waals surface area contributed by atoms with Gasteiger partial charge in [-0.15, -0.1) is 0 Å². The zero-order valence-corrected chi connectivity index (χ0v) is 24.6. The van der Waals surface area contributed by atoms with Gasteiger partial charge in [-0.05, 0) is 76.7 Å². The molecule has 0 atom stereocenters. The molecule has 0 aliphatic carbocycles. The Bertz CT molecular complexity index is 1020. The van der Waals surface area contributed by atoms with Crippen molar-refractivity contribution in [3.8, 4) is 0 Å². The number of hydrogen-bond acceptors (Lipinski definition) is 7. The van der Waals surface area contributed by atoms with Crippen molar-refractivity contribution in [2.24, 2.45) is 5.73 Å². The van der Waals surface area contributed by atoms with Crippen LogP contribution in [0.5, 0.6) is 0 Å². The molecule has 188 valence electrons. The van der Waals surface area contributed by atoms with Gasteiger partial charge in [-0.1, -0.05) is 31.9 Å². The van der Waals surface area contributed by atoms with E-state index in [4.69, 9.17) is 16.4 Å². The molecule has 0 unspecified atom stereocenters. The van der Waals surface area contributed by atoms with E-state index in [0.717, 1.165) is 22.0 Å². The largest absolute Gasteiger partial charge is 0.329 e. The first-order valence-electron chi connectivity index (χ1n) is 9.64. The summed E-state index contributed by atoms with van der Waals surface area (Å²) in [7, 11) is 5.94. The standard InChI is InChI=1S/C10H15BrN2O2S.C6H4BrClO2S.C4H12N2/c1-13(2)8-7-12-16(14,15)10-5-3-9(11)4-6-10;7-5-1-3-6(4-2-5)11(8,9)10;1-6(2)4-3-5/h3-6,12H,7-8H2,1-2H3;1-4H;3-5H2,1-2H3. The number of halogens is 3. The minimum atomic E-state index is -3.57. The maximum absolute atomic E-state index is 11.8. The van der Waals surface area contributed by atoms with E-state index < -0.39 is 19.1 Å². The van der Waals surface area contributed by atoms with Crippen LogP contribution in [0, 0.1) is 0 Å². The van der Waals surface area contributed by atoms with E-state index in [9.17, 15) is 16.8 Å². The first-order valence-corrected chi connectivity index (χ1v) is 15.0. The molecule has 0 radical (unpaired) electrons. The molecule has 0 aliphatic rings. The summed E-state index contributed by atoms with van der Waals surface area (Å²) in [5, 5.41) is 0. The molecule has 0 amide bonds. The highest BCUT2D eigenvalue weighted by atomic mass is 79.9. The van der Waals surface area contributed by atoms with Gasteiger partial charge in [0, 0.05) is 45.8 Å². The van der Waals surface area contributed by atoms with Crippen LogP contribution in [0.1, 0.15) is 0 Å². The van der Waals surface area contributed by atoms with Crippen LogP contribution in [-0.4, -0.2) is 81.0 Å². The zero-order valence-electron chi connectivity index (χ0n) is 19.0. The van der Waals surface area contributed by atoms with Gasteiger partial charge in [0.25, 0.3) is 9.05 Å². The molecule has 0 saturated carbocycles. The van der Waals surface area contributed by atoms with Crippen LogP contribution in [0.2, 0.25) is 0 Å². The third-order valence-electron chi connectivity index (χ3n) is 3.65. The second kappa shape index (κ2) is 16.2. The van der Waals surface area contributed by atoms with Crippen molar-refractivity contribution in [1.82, 2.24) is 14.5 Å². The number of nitrogens with zero attached hydrogens (tertiary/aromatic N) is 2. The summed E-state index contributed by atoms with van der Waals surface area (Å²) in [5.74, 6) is 0. The molecule has 0 bridgehead atoms. The summed E-state index contributed by atoms with van der Waals surface area (Å²) in [6, 6.07) is 12.7. The number of likely N-dealkylation sites (N-methyl/N-ethyl adjacent to an activating group) is 2. The van der Waals surface area contributed by atoms with Gasteiger partial charge in [0.15, 0.2) is 0 Å². The van der Waals surface area contributed by atoms with Gasteiger partial charge < -0.3 is 15.5 Å². The van der Waals surface area contributed by atoms with Gasteiger partial charge in [-0.3, -0.25) is 0 Å². The molecule has 0 fully saturated rings. The summed E-state index contributed by atoms with van der Waals surface area (Å²) < 4.78 is 49.2. The van der Waals surface area contributed by atoms with E-state index >= 15 is 0 Å². The lowest BCUT2D eigenvalue weighted by molar-refractivity contribution is 0.412. The van der Waals surface area contributed by atoms with Gasteiger partial charge in [-0.25, -0.2) is 21.6 Å². The molecular weight excluding hydrogens is 620 g/mol.